The number of hydrazone groups is 1. The van der Waals surface area contributed by atoms with Crippen molar-refractivity contribution in [2.24, 2.45) is 5.10 Å². The number of methoxy groups -OCH3 is 1. The van der Waals surface area contributed by atoms with Gasteiger partial charge in [-0.2, -0.15) is 5.10 Å². The highest BCUT2D eigenvalue weighted by Gasteiger charge is 2.19. The van der Waals surface area contributed by atoms with Crippen LogP contribution in [-0.4, -0.2) is 62.9 Å². The molecule has 1 aliphatic heterocycles. The Kier molecular flexibility index (Phi) is 7.94. The summed E-state index contributed by atoms with van der Waals surface area (Å²) in [5, 5.41) is 3.98. The lowest BCUT2D eigenvalue weighted by molar-refractivity contribution is -0.137. The van der Waals surface area contributed by atoms with E-state index in [0.29, 0.717) is 32.1 Å². The number of rotatable bonds is 8. The van der Waals surface area contributed by atoms with Crippen LogP contribution in [0.2, 0.25) is 0 Å². The molecule has 8 heteroatoms. The normalized spacial score (nSPS) is 15.0. The molecule has 0 aromatic heterocycles. The van der Waals surface area contributed by atoms with Crippen LogP contribution >= 0.6 is 0 Å². The van der Waals surface area contributed by atoms with Gasteiger partial charge in [-0.15, -0.1) is 0 Å². The molecule has 1 heterocycles. The first-order chi connectivity index (χ1) is 14.7. The van der Waals surface area contributed by atoms with Gasteiger partial charge in [-0.3, -0.25) is 9.59 Å². The van der Waals surface area contributed by atoms with E-state index in [9.17, 15) is 9.59 Å². The van der Waals surface area contributed by atoms with Crippen LogP contribution < -0.4 is 10.2 Å². The van der Waals surface area contributed by atoms with Crippen LogP contribution in [0.5, 0.6) is 5.75 Å². The minimum Gasteiger partial charge on any atom is -0.484 e. The van der Waals surface area contributed by atoms with E-state index in [1.54, 1.807) is 29.2 Å². The van der Waals surface area contributed by atoms with Gasteiger partial charge in [0.15, 0.2) is 12.7 Å². The molecule has 0 radical (unpaired) electrons. The highest BCUT2D eigenvalue weighted by Crippen LogP contribution is 2.16. The molecule has 1 fully saturated rings. The first-order valence-corrected chi connectivity index (χ1v) is 9.66. The van der Waals surface area contributed by atoms with Gasteiger partial charge in [0.2, 0.25) is 0 Å². The van der Waals surface area contributed by atoms with E-state index in [0.717, 1.165) is 11.1 Å². The van der Waals surface area contributed by atoms with Gasteiger partial charge in [0.25, 0.3) is 11.8 Å². The monoisotopic (exact) mass is 411 g/mol. The van der Waals surface area contributed by atoms with Crippen LogP contribution in [0.4, 0.5) is 0 Å². The zero-order valence-electron chi connectivity index (χ0n) is 16.8. The maximum Gasteiger partial charge on any atom is 0.273 e. The molecule has 1 atom stereocenters. The Bertz CT molecular complexity index is 849. The van der Waals surface area contributed by atoms with E-state index in [1.807, 2.05) is 30.3 Å². The molecule has 2 aromatic carbocycles. The molecule has 1 saturated heterocycles. The number of amides is 2. The van der Waals surface area contributed by atoms with Crippen molar-refractivity contribution in [2.45, 2.75) is 6.10 Å². The van der Waals surface area contributed by atoms with E-state index < -0.39 is 6.10 Å². The number of morpholine rings is 1. The Morgan fingerprint density at radius 2 is 1.83 bits per heavy atom. The lowest BCUT2D eigenvalue weighted by atomic mass is 10.1. The van der Waals surface area contributed by atoms with Crippen LogP contribution in [0.1, 0.15) is 17.2 Å². The minimum atomic E-state index is -0.733. The van der Waals surface area contributed by atoms with Crippen molar-refractivity contribution in [1.82, 2.24) is 10.3 Å². The van der Waals surface area contributed by atoms with Gasteiger partial charge in [-0.25, -0.2) is 5.43 Å². The first kappa shape index (κ1) is 21.5. The predicted octanol–water partition coefficient (Wildman–Crippen LogP) is 1.76. The SMILES string of the molecule is COC(C(=O)N/N=C/c1ccc(OCC(=O)N2CCOCC2)cc1)c1ccccc1. The lowest BCUT2D eigenvalue weighted by Gasteiger charge is -2.26. The number of nitrogens with zero attached hydrogens (tertiary/aromatic N) is 2. The summed E-state index contributed by atoms with van der Waals surface area (Å²) in [6.45, 7) is 2.30. The van der Waals surface area contributed by atoms with Crippen molar-refractivity contribution in [2.75, 3.05) is 40.0 Å². The molecule has 0 bridgehead atoms. The molecular weight excluding hydrogens is 386 g/mol. The number of carbonyl (C=O) groups excluding carboxylic acids is 2. The fraction of sp³-hybridized carbons (Fsp3) is 0.318. The summed E-state index contributed by atoms with van der Waals surface area (Å²) in [5.41, 5.74) is 4.01. The number of nitrogens with one attached hydrogen (secondary N) is 1. The van der Waals surface area contributed by atoms with Gasteiger partial charge in [-0.05, 0) is 35.4 Å². The van der Waals surface area contributed by atoms with Gasteiger partial charge in [0, 0.05) is 20.2 Å². The standard InChI is InChI=1S/C22H25N3O5/c1-28-21(18-5-3-2-4-6-18)22(27)24-23-15-17-7-9-19(10-8-17)30-16-20(26)25-11-13-29-14-12-25/h2-10,15,21H,11-14,16H2,1H3,(H,24,27)/b23-15+. The largest absolute Gasteiger partial charge is 0.484 e. The molecule has 30 heavy (non-hydrogen) atoms. The average Bonchev–Trinajstić information content (AvgIpc) is 2.80. The third kappa shape index (κ3) is 6.13. The van der Waals surface area contributed by atoms with E-state index in [1.165, 1.54) is 13.3 Å². The molecule has 2 aromatic rings. The summed E-state index contributed by atoms with van der Waals surface area (Å²) in [4.78, 5) is 26.1. The van der Waals surface area contributed by atoms with Crippen molar-refractivity contribution >= 4 is 18.0 Å². The summed E-state index contributed by atoms with van der Waals surface area (Å²) < 4.78 is 16.1. The predicted molar refractivity (Wildman–Crippen MR) is 111 cm³/mol. The second-order valence-corrected chi connectivity index (χ2v) is 6.61. The average molecular weight is 411 g/mol. The van der Waals surface area contributed by atoms with E-state index in [4.69, 9.17) is 14.2 Å². The summed E-state index contributed by atoms with van der Waals surface area (Å²) in [7, 11) is 1.48. The molecule has 1 N–H and O–H groups in total. The fourth-order valence-electron chi connectivity index (χ4n) is 2.95. The quantitative estimate of drug-likeness (QED) is 0.528. The van der Waals surface area contributed by atoms with Crippen molar-refractivity contribution in [3.8, 4) is 5.75 Å². The Hall–Kier alpha value is -3.23. The smallest absolute Gasteiger partial charge is 0.273 e. The molecule has 0 aliphatic carbocycles. The van der Waals surface area contributed by atoms with Gasteiger partial charge >= 0.3 is 0 Å². The molecule has 2 amide bonds. The zero-order chi connectivity index (χ0) is 21.2. The van der Waals surface area contributed by atoms with E-state index in [2.05, 4.69) is 10.5 Å². The fourth-order valence-corrected chi connectivity index (χ4v) is 2.95. The number of ether oxygens (including phenoxy) is 3. The van der Waals surface area contributed by atoms with E-state index >= 15 is 0 Å². The van der Waals surface area contributed by atoms with E-state index in [-0.39, 0.29) is 18.4 Å². The second-order valence-electron chi connectivity index (χ2n) is 6.61. The second kappa shape index (κ2) is 11.1. The number of benzene rings is 2. The Labute approximate surface area is 175 Å². The van der Waals surface area contributed by atoms with Crippen LogP contribution in [0.25, 0.3) is 0 Å². The molecule has 1 aliphatic rings. The molecule has 0 saturated carbocycles. The van der Waals surface area contributed by atoms with Crippen LogP contribution in [0.15, 0.2) is 59.7 Å². The Morgan fingerprint density at radius 3 is 2.50 bits per heavy atom. The molecule has 8 nitrogen and oxygen atoms in total. The van der Waals surface area contributed by atoms with Crippen molar-refractivity contribution in [1.29, 1.82) is 0 Å². The lowest BCUT2D eigenvalue weighted by Crippen LogP contribution is -2.42. The van der Waals surface area contributed by atoms with Crippen LogP contribution in [-0.2, 0) is 19.1 Å². The third-order valence-corrected chi connectivity index (χ3v) is 4.57. The Morgan fingerprint density at radius 1 is 1.13 bits per heavy atom. The Balaban J connectivity index is 1.47. The molecule has 3 rings (SSSR count). The summed E-state index contributed by atoms with van der Waals surface area (Å²) in [6.07, 6.45) is 0.793. The van der Waals surface area contributed by atoms with Gasteiger partial charge in [0.05, 0.1) is 19.4 Å². The van der Waals surface area contributed by atoms with Crippen molar-refractivity contribution in [3.63, 3.8) is 0 Å². The molecular formula is C22H25N3O5. The topological polar surface area (TPSA) is 89.5 Å². The van der Waals surface area contributed by atoms with Crippen molar-refractivity contribution < 1.29 is 23.8 Å². The summed E-state index contributed by atoms with van der Waals surface area (Å²) in [5.74, 6) is 0.167. The van der Waals surface area contributed by atoms with Crippen molar-refractivity contribution in [3.05, 3.63) is 65.7 Å². The maximum absolute atomic E-state index is 12.3. The summed E-state index contributed by atoms with van der Waals surface area (Å²) >= 11 is 0. The number of carbonyl (C=O) groups is 2. The molecule has 158 valence electrons. The third-order valence-electron chi connectivity index (χ3n) is 4.57. The molecule has 0 spiro atoms. The van der Waals surface area contributed by atoms with Gasteiger partial charge in [0.1, 0.15) is 5.75 Å². The first-order valence-electron chi connectivity index (χ1n) is 9.66. The number of hydrogen-bond donors (Lipinski definition) is 1. The van der Waals surface area contributed by atoms with Gasteiger partial charge in [-0.1, -0.05) is 30.3 Å². The van der Waals surface area contributed by atoms with Crippen LogP contribution in [0, 0.1) is 0 Å². The maximum atomic E-state index is 12.3. The zero-order valence-corrected chi connectivity index (χ0v) is 16.8. The minimum absolute atomic E-state index is 0.0125. The number of hydrogen-bond acceptors (Lipinski definition) is 6. The molecule has 1 unspecified atom stereocenters. The van der Waals surface area contributed by atoms with Crippen LogP contribution in [0.3, 0.4) is 0 Å². The summed E-state index contributed by atoms with van der Waals surface area (Å²) in [6, 6.07) is 16.3. The highest BCUT2D eigenvalue weighted by atomic mass is 16.5. The van der Waals surface area contributed by atoms with Gasteiger partial charge < -0.3 is 19.1 Å². The highest BCUT2D eigenvalue weighted by molar-refractivity contribution is 5.85.